The van der Waals surface area contributed by atoms with E-state index in [4.69, 9.17) is 9.47 Å². The highest BCUT2D eigenvalue weighted by Gasteiger charge is 2.20. The second-order valence-corrected chi connectivity index (χ2v) is 8.24. The average Bonchev–Trinajstić information content (AvgIpc) is 2.71. The van der Waals surface area contributed by atoms with Crippen LogP contribution in [-0.4, -0.2) is 57.3 Å². The Kier molecular flexibility index (Phi) is 7.08. The van der Waals surface area contributed by atoms with Crippen LogP contribution in [-0.2, 0) is 19.6 Å². The van der Waals surface area contributed by atoms with Crippen molar-refractivity contribution in [2.24, 2.45) is 0 Å². The summed E-state index contributed by atoms with van der Waals surface area (Å²) in [4.78, 5) is 34.4. The molecule has 0 aliphatic rings. The lowest BCUT2D eigenvalue weighted by Gasteiger charge is -2.12. The smallest absolute Gasteiger partial charge is 0.338 e. The molecule has 0 atom stereocenters. The van der Waals surface area contributed by atoms with Crippen LogP contribution >= 0.6 is 0 Å². The molecule has 0 saturated carbocycles. The van der Waals surface area contributed by atoms with Gasteiger partial charge in [0.15, 0.2) is 12.4 Å². The standard InChI is InChI=1S/C18H19N3O8S/c1-20(2)30(26,27)14-6-4-5-13(10-14)19-17(22)11-29-18(23)12-7-8-16(28-3)15(9-12)21(24)25/h4-10H,11H2,1-3H3,(H,19,22). The molecule has 2 rings (SSSR count). The Morgan fingerprint density at radius 3 is 2.47 bits per heavy atom. The number of methoxy groups -OCH3 is 1. The minimum absolute atomic E-state index is 0.0205. The van der Waals surface area contributed by atoms with E-state index in [1.54, 1.807) is 0 Å². The second-order valence-electron chi connectivity index (χ2n) is 6.08. The first kappa shape index (κ1) is 22.8. The Morgan fingerprint density at radius 1 is 1.17 bits per heavy atom. The Morgan fingerprint density at radius 2 is 1.87 bits per heavy atom. The SMILES string of the molecule is COc1ccc(C(=O)OCC(=O)Nc2cccc(S(=O)(=O)N(C)C)c2)cc1[N+](=O)[O-]. The molecule has 2 aromatic carbocycles. The third-order valence-electron chi connectivity index (χ3n) is 3.84. The fourth-order valence-electron chi connectivity index (χ4n) is 2.32. The van der Waals surface area contributed by atoms with Gasteiger partial charge in [-0.15, -0.1) is 0 Å². The third kappa shape index (κ3) is 5.30. The number of benzene rings is 2. The van der Waals surface area contributed by atoms with Crippen LogP contribution in [0.1, 0.15) is 10.4 Å². The molecule has 1 N–H and O–H groups in total. The molecular formula is C18H19N3O8S. The molecule has 0 aliphatic heterocycles. The van der Waals surface area contributed by atoms with Gasteiger partial charge in [-0.2, -0.15) is 0 Å². The van der Waals surface area contributed by atoms with Crippen molar-refractivity contribution in [1.82, 2.24) is 4.31 Å². The predicted molar refractivity (Wildman–Crippen MR) is 106 cm³/mol. The average molecular weight is 437 g/mol. The number of hydrogen-bond donors (Lipinski definition) is 1. The van der Waals surface area contributed by atoms with Crippen molar-refractivity contribution >= 4 is 33.3 Å². The number of carbonyl (C=O) groups is 2. The molecule has 0 aromatic heterocycles. The van der Waals surface area contributed by atoms with Gasteiger partial charge in [-0.1, -0.05) is 6.07 Å². The van der Waals surface area contributed by atoms with E-state index in [0.29, 0.717) is 0 Å². The van der Waals surface area contributed by atoms with E-state index in [2.05, 4.69) is 5.32 Å². The quantitative estimate of drug-likeness (QED) is 0.373. The van der Waals surface area contributed by atoms with Crippen LogP contribution in [0.3, 0.4) is 0 Å². The lowest BCUT2D eigenvalue weighted by Crippen LogP contribution is -2.23. The topological polar surface area (TPSA) is 145 Å². The molecule has 1 amide bonds. The van der Waals surface area contributed by atoms with E-state index in [-0.39, 0.29) is 21.9 Å². The zero-order valence-electron chi connectivity index (χ0n) is 16.3. The fraction of sp³-hybridized carbons (Fsp3) is 0.222. The number of hydrogen-bond acceptors (Lipinski definition) is 8. The summed E-state index contributed by atoms with van der Waals surface area (Å²) in [6.07, 6.45) is 0. The van der Waals surface area contributed by atoms with Crippen molar-refractivity contribution < 1.29 is 32.4 Å². The highest BCUT2D eigenvalue weighted by atomic mass is 32.2. The molecule has 0 unspecified atom stereocenters. The molecule has 160 valence electrons. The highest BCUT2D eigenvalue weighted by molar-refractivity contribution is 7.89. The minimum Gasteiger partial charge on any atom is -0.490 e. The molecule has 0 radical (unpaired) electrons. The van der Waals surface area contributed by atoms with Crippen LogP contribution in [0, 0.1) is 10.1 Å². The van der Waals surface area contributed by atoms with Crippen LogP contribution in [0.4, 0.5) is 11.4 Å². The van der Waals surface area contributed by atoms with Crippen LogP contribution in [0.5, 0.6) is 5.75 Å². The number of amides is 1. The van der Waals surface area contributed by atoms with Gasteiger partial charge in [0.25, 0.3) is 5.91 Å². The molecule has 0 aliphatic carbocycles. The van der Waals surface area contributed by atoms with Crippen LogP contribution in [0.2, 0.25) is 0 Å². The number of esters is 1. The maximum atomic E-state index is 12.2. The second kappa shape index (κ2) is 9.33. The number of anilines is 1. The number of nitro benzene ring substituents is 1. The molecule has 0 spiro atoms. The Labute approximate surface area is 172 Å². The number of nitrogens with one attached hydrogen (secondary N) is 1. The Bertz CT molecular complexity index is 1080. The van der Waals surface area contributed by atoms with Crippen LogP contribution in [0.15, 0.2) is 47.4 Å². The lowest BCUT2D eigenvalue weighted by atomic mass is 10.2. The number of sulfonamides is 1. The van der Waals surface area contributed by atoms with E-state index in [1.165, 1.54) is 57.6 Å². The van der Waals surface area contributed by atoms with Gasteiger partial charge in [-0.3, -0.25) is 14.9 Å². The first-order valence-electron chi connectivity index (χ1n) is 8.38. The zero-order valence-corrected chi connectivity index (χ0v) is 17.1. The molecular weight excluding hydrogens is 418 g/mol. The Balaban J connectivity index is 2.04. The molecule has 0 bridgehead atoms. The van der Waals surface area contributed by atoms with Crippen molar-refractivity contribution in [3.8, 4) is 5.75 Å². The number of nitro groups is 1. The highest BCUT2D eigenvalue weighted by Crippen LogP contribution is 2.27. The van der Waals surface area contributed by atoms with Crippen molar-refractivity contribution in [2.75, 3.05) is 33.1 Å². The van der Waals surface area contributed by atoms with Gasteiger partial charge in [-0.25, -0.2) is 17.5 Å². The largest absolute Gasteiger partial charge is 0.490 e. The number of carbonyl (C=O) groups excluding carboxylic acids is 2. The van der Waals surface area contributed by atoms with Gasteiger partial charge >= 0.3 is 11.7 Å². The first-order chi connectivity index (χ1) is 14.1. The van der Waals surface area contributed by atoms with Crippen molar-refractivity contribution in [3.05, 3.63) is 58.1 Å². The van der Waals surface area contributed by atoms with Crippen molar-refractivity contribution in [2.45, 2.75) is 4.90 Å². The van der Waals surface area contributed by atoms with E-state index < -0.39 is 39.1 Å². The maximum Gasteiger partial charge on any atom is 0.338 e. The summed E-state index contributed by atoms with van der Waals surface area (Å²) in [6.45, 7) is -0.677. The molecule has 11 nitrogen and oxygen atoms in total. The van der Waals surface area contributed by atoms with Gasteiger partial charge in [0.1, 0.15) is 0 Å². The van der Waals surface area contributed by atoms with Crippen LogP contribution < -0.4 is 10.1 Å². The zero-order chi connectivity index (χ0) is 22.5. The summed E-state index contributed by atoms with van der Waals surface area (Å²) >= 11 is 0. The summed E-state index contributed by atoms with van der Waals surface area (Å²) < 4.78 is 35.0. The molecule has 0 saturated heterocycles. The van der Waals surface area contributed by atoms with Gasteiger partial charge < -0.3 is 14.8 Å². The van der Waals surface area contributed by atoms with Gasteiger partial charge in [0, 0.05) is 25.8 Å². The molecule has 2 aromatic rings. The van der Waals surface area contributed by atoms with E-state index in [0.717, 1.165) is 10.4 Å². The van der Waals surface area contributed by atoms with E-state index in [1.807, 2.05) is 0 Å². The number of ether oxygens (including phenoxy) is 2. The maximum absolute atomic E-state index is 12.2. The normalized spacial score (nSPS) is 11.1. The van der Waals surface area contributed by atoms with Gasteiger partial charge in [-0.05, 0) is 30.3 Å². The third-order valence-corrected chi connectivity index (χ3v) is 5.65. The molecule has 12 heteroatoms. The first-order valence-corrected chi connectivity index (χ1v) is 9.82. The van der Waals surface area contributed by atoms with E-state index in [9.17, 15) is 28.1 Å². The van der Waals surface area contributed by atoms with Crippen molar-refractivity contribution in [1.29, 1.82) is 0 Å². The Hall–Kier alpha value is -3.51. The van der Waals surface area contributed by atoms with Crippen molar-refractivity contribution in [3.63, 3.8) is 0 Å². The van der Waals surface area contributed by atoms with E-state index >= 15 is 0 Å². The fourth-order valence-corrected chi connectivity index (χ4v) is 3.26. The summed E-state index contributed by atoms with van der Waals surface area (Å²) in [5, 5.41) is 13.4. The lowest BCUT2D eigenvalue weighted by molar-refractivity contribution is -0.385. The summed E-state index contributed by atoms with van der Waals surface area (Å²) in [6, 6.07) is 9.06. The molecule has 30 heavy (non-hydrogen) atoms. The van der Waals surface area contributed by atoms with Gasteiger partial charge in [0.2, 0.25) is 10.0 Å². The van der Waals surface area contributed by atoms with Gasteiger partial charge in [0.05, 0.1) is 22.5 Å². The number of rotatable bonds is 8. The predicted octanol–water partition coefficient (Wildman–Crippen LogP) is 1.65. The summed E-state index contributed by atoms with van der Waals surface area (Å²) in [7, 11) is 0.328. The van der Waals surface area contributed by atoms with Crippen LogP contribution in [0.25, 0.3) is 0 Å². The molecule has 0 heterocycles. The molecule has 0 fully saturated rings. The summed E-state index contributed by atoms with van der Waals surface area (Å²) in [5.74, 6) is -1.69. The monoisotopic (exact) mass is 437 g/mol. The minimum atomic E-state index is -3.68. The number of nitrogens with zero attached hydrogens (tertiary/aromatic N) is 2. The summed E-state index contributed by atoms with van der Waals surface area (Å²) in [5.41, 5.74) is -0.358.